The first-order valence-electron chi connectivity index (χ1n) is 11.1. The standard InChI is InChI=1S/C24H33N3O2S/c1-24(2,3)29-23(28)27-15-10-19(11-16-27)18-8-13-26(14-9-18)21-6-4-20(5-7-21)22-25-12-17-30-22/h4-7,12,17-19H,8-11,13-16H2,1-3H3. The Kier molecular flexibility index (Phi) is 6.32. The summed E-state index contributed by atoms with van der Waals surface area (Å²) in [7, 11) is 0. The van der Waals surface area contributed by atoms with Gasteiger partial charge in [-0.3, -0.25) is 0 Å². The molecule has 2 aliphatic heterocycles. The number of amides is 1. The van der Waals surface area contributed by atoms with Crippen LogP contribution in [0.5, 0.6) is 0 Å². The molecule has 0 aliphatic carbocycles. The zero-order valence-corrected chi connectivity index (χ0v) is 19.2. The van der Waals surface area contributed by atoms with Gasteiger partial charge in [-0.1, -0.05) is 0 Å². The Hall–Kier alpha value is -2.08. The fraction of sp³-hybridized carbons (Fsp3) is 0.583. The van der Waals surface area contributed by atoms with Crippen molar-refractivity contribution >= 4 is 23.1 Å². The van der Waals surface area contributed by atoms with E-state index < -0.39 is 5.60 Å². The number of nitrogens with zero attached hydrogens (tertiary/aromatic N) is 3. The van der Waals surface area contributed by atoms with Crippen molar-refractivity contribution in [1.82, 2.24) is 9.88 Å². The maximum absolute atomic E-state index is 12.3. The summed E-state index contributed by atoms with van der Waals surface area (Å²) < 4.78 is 5.53. The highest BCUT2D eigenvalue weighted by molar-refractivity contribution is 7.13. The lowest BCUT2D eigenvalue weighted by molar-refractivity contribution is 0.0152. The predicted octanol–water partition coefficient (Wildman–Crippen LogP) is 5.67. The Morgan fingerprint density at radius 1 is 1.00 bits per heavy atom. The van der Waals surface area contributed by atoms with Crippen molar-refractivity contribution in [3.63, 3.8) is 0 Å². The summed E-state index contributed by atoms with van der Waals surface area (Å²) in [4.78, 5) is 21.1. The molecule has 0 radical (unpaired) electrons. The fourth-order valence-corrected chi connectivity index (χ4v) is 5.33. The molecule has 0 atom stereocenters. The smallest absolute Gasteiger partial charge is 0.410 e. The monoisotopic (exact) mass is 427 g/mol. The summed E-state index contributed by atoms with van der Waals surface area (Å²) >= 11 is 1.68. The van der Waals surface area contributed by atoms with E-state index in [1.54, 1.807) is 11.3 Å². The second-order valence-corrected chi connectivity index (χ2v) is 10.4. The fourth-order valence-electron chi connectivity index (χ4n) is 4.69. The van der Waals surface area contributed by atoms with Gasteiger partial charge in [0.05, 0.1) is 0 Å². The first-order valence-corrected chi connectivity index (χ1v) is 12.0. The van der Waals surface area contributed by atoms with E-state index in [1.165, 1.54) is 24.1 Å². The van der Waals surface area contributed by atoms with Crippen molar-refractivity contribution in [2.45, 2.75) is 52.1 Å². The van der Waals surface area contributed by atoms with Crippen LogP contribution in [0.4, 0.5) is 10.5 Å². The van der Waals surface area contributed by atoms with Crippen LogP contribution in [0.25, 0.3) is 10.6 Å². The number of thiazole rings is 1. The predicted molar refractivity (Wildman–Crippen MR) is 123 cm³/mol. The summed E-state index contributed by atoms with van der Waals surface area (Å²) in [5.74, 6) is 1.51. The highest BCUT2D eigenvalue weighted by atomic mass is 32.1. The third kappa shape index (κ3) is 5.15. The zero-order chi connectivity index (χ0) is 21.1. The molecule has 0 bridgehead atoms. The highest BCUT2D eigenvalue weighted by Crippen LogP contribution is 2.34. The molecule has 1 aromatic heterocycles. The van der Waals surface area contributed by atoms with Gasteiger partial charge in [-0.05, 0) is 82.6 Å². The number of ether oxygens (including phenoxy) is 1. The lowest BCUT2D eigenvalue weighted by Crippen LogP contribution is -2.44. The van der Waals surface area contributed by atoms with Crippen LogP contribution < -0.4 is 4.90 Å². The van der Waals surface area contributed by atoms with Crippen molar-refractivity contribution in [2.75, 3.05) is 31.1 Å². The van der Waals surface area contributed by atoms with Crippen molar-refractivity contribution in [2.24, 2.45) is 11.8 Å². The van der Waals surface area contributed by atoms with E-state index in [9.17, 15) is 4.79 Å². The molecule has 0 unspecified atom stereocenters. The molecule has 0 spiro atoms. The van der Waals surface area contributed by atoms with Gasteiger partial charge in [-0.15, -0.1) is 11.3 Å². The first kappa shape index (κ1) is 21.2. The second kappa shape index (κ2) is 8.96. The number of carbonyl (C=O) groups excluding carboxylic acids is 1. The number of aromatic nitrogens is 1. The Bertz CT molecular complexity index is 813. The van der Waals surface area contributed by atoms with Gasteiger partial charge in [0.25, 0.3) is 0 Å². The third-order valence-electron chi connectivity index (χ3n) is 6.31. The lowest BCUT2D eigenvalue weighted by Gasteiger charge is -2.41. The quantitative estimate of drug-likeness (QED) is 0.633. The Morgan fingerprint density at radius 3 is 2.13 bits per heavy atom. The first-order chi connectivity index (χ1) is 14.4. The molecule has 2 aromatic rings. The second-order valence-electron chi connectivity index (χ2n) is 9.51. The molecule has 0 saturated carbocycles. The number of anilines is 1. The number of hydrogen-bond acceptors (Lipinski definition) is 5. The van der Waals surface area contributed by atoms with Gasteiger partial charge < -0.3 is 14.5 Å². The molecular formula is C24H33N3O2S. The molecule has 2 aliphatic rings. The summed E-state index contributed by atoms with van der Waals surface area (Å²) in [5, 5.41) is 3.10. The third-order valence-corrected chi connectivity index (χ3v) is 7.13. The minimum Gasteiger partial charge on any atom is -0.444 e. The van der Waals surface area contributed by atoms with Crippen LogP contribution in [0.1, 0.15) is 46.5 Å². The van der Waals surface area contributed by atoms with E-state index >= 15 is 0 Å². The molecule has 30 heavy (non-hydrogen) atoms. The van der Waals surface area contributed by atoms with Gasteiger partial charge in [-0.2, -0.15) is 0 Å². The Labute approximate surface area is 184 Å². The van der Waals surface area contributed by atoms with E-state index in [4.69, 9.17) is 4.74 Å². The summed E-state index contributed by atoms with van der Waals surface area (Å²) in [6.07, 6.45) is 6.39. The highest BCUT2D eigenvalue weighted by Gasteiger charge is 2.32. The molecule has 3 heterocycles. The van der Waals surface area contributed by atoms with Crippen molar-refractivity contribution in [3.05, 3.63) is 35.8 Å². The number of hydrogen-bond donors (Lipinski definition) is 0. The van der Waals surface area contributed by atoms with Crippen LogP contribution in [-0.4, -0.2) is 47.8 Å². The van der Waals surface area contributed by atoms with E-state index in [1.807, 2.05) is 37.2 Å². The molecule has 1 aromatic carbocycles. The molecule has 1 amide bonds. The number of piperidine rings is 2. The van der Waals surface area contributed by atoms with Crippen LogP contribution in [0.3, 0.4) is 0 Å². The Balaban J connectivity index is 1.25. The van der Waals surface area contributed by atoms with Crippen LogP contribution in [0, 0.1) is 11.8 Å². The SMILES string of the molecule is CC(C)(C)OC(=O)N1CCC(C2CCN(c3ccc(-c4nccs4)cc3)CC2)CC1. The van der Waals surface area contributed by atoms with Gasteiger partial charge >= 0.3 is 6.09 Å². The van der Waals surface area contributed by atoms with Crippen molar-refractivity contribution in [1.29, 1.82) is 0 Å². The minimum absolute atomic E-state index is 0.156. The van der Waals surface area contributed by atoms with E-state index in [0.29, 0.717) is 0 Å². The maximum atomic E-state index is 12.3. The molecule has 4 rings (SSSR count). The number of rotatable bonds is 3. The Morgan fingerprint density at radius 2 is 1.60 bits per heavy atom. The van der Waals surface area contributed by atoms with Crippen LogP contribution in [0.15, 0.2) is 35.8 Å². The zero-order valence-electron chi connectivity index (χ0n) is 18.3. The number of likely N-dealkylation sites (tertiary alicyclic amines) is 1. The van der Waals surface area contributed by atoms with E-state index in [2.05, 4.69) is 34.1 Å². The summed E-state index contributed by atoms with van der Waals surface area (Å²) in [6.45, 7) is 9.69. The van der Waals surface area contributed by atoms with Crippen LogP contribution >= 0.6 is 11.3 Å². The van der Waals surface area contributed by atoms with Crippen LogP contribution in [0.2, 0.25) is 0 Å². The van der Waals surface area contributed by atoms with E-state index in [-0.39, 0.29) is 6.09 Å². The normalized spacial score (nSPS) is 19.2. The van der Waals surface area contributed by atoms with Crippen molar-refractivity contribution in [3.8, 4) is 10.6 Å². The molecule has 5 nitrogen and oxygen atoms in total. The number of benzene rings is 1. The summed E-state index contributed by atoms with van der Waals surface area (Å²) in [5.41, 5.74) is 2.09. The van der Waals surface area contributed by atoms with Crippen molar-refractivity contribution < 1.29 is 9.53 Å². The largest absolute Gasteiger partial charge is 0.444 e. The molecule has 6 heteroatoms. The maximum Gasteiger partial charge on any atom is 0.410 e. The van der Waals surface area contributed by atoms with Gasteiger partial charge in [0.2, 0.25) is 0 Å². The summed E-state index contributed by atoms with van der Waals surface area (Å²) in [6, 6.07) is 8.84. The minimum atomic E-state index is -0.417. The lowest BCUT2D eigenvalue weighted by atomic mass is 9.79. The van der Waals surface area contributed by atoms with Gasteiger partial charge in [0.1, 0.15) is 10.6 Å². The molecule has 0 N–H and O–H groups in total. The molecular weight excluding hydrogens is 394 g/mol. The average Bonchev–Trinajstić information content (AvgIpc) is 3.28. The van der Waals surface area contributed by atoms with Crippen LogP contribution in [-0.2, 0) is 4.74 Å². The van der Waals surface area contributed by atoms with Gasteiger partial charge in [-0.25, -0.2) is 9.78 Å². The molecule has 2 saturated heterocycles. The van der Waals surface area contributed by atoms with Gasteiger partial charge in [0.15, 0.2) is 0 Å². The number of carbonyl (C=O) groups is 1. The molecule has 2 fully saturated rings. The molecule has 162 valence electrons. The van der Waals surface area contributed by atoms with Gasteiger partial charge in [0, 0.05) is 49.0 Å². The van der Waals surface area contributed by atoms with E-state index in [0.717, 1.165) is 55.9 Å². The topological polar surface area (TPSA) is 45.7 Å². The average molecular weight is 428 g/mol.